The zero-order chi connectivity index (χ0) is 14.5. The Morgan fingerprint density at radius 2 is 1.85 bits per heavy atom. The van der Waals surface area contributed by atoms with E-state index in [0.29, 0.717) is 17.0 Å². The molecular formula is C15H15F2NO2. The van der Waals surface area contributed by atoms with Gasteiger partial charge in [-0.2, -0.15) is 0 Å². The second kappa shape index (κ2) is 6.34. The summed E-state index contributed by atoms with van der Waals surface area (Å²) in [5.41, 5.74) is 1.03. The number of hydrogen-bond acceptors (Lipinski definition) is 3. The summed E-state index contributed by atoms with van der Waals surface area (Å²) in [6.07, 6.45) is 0. The van der Waals surface area contributed by atoms with Gasteiger partial charge >= 0.3 is 0 Å². The Bertz CT molecular complexity index is 570. The van der Waals surface area contributed by atoms with Gasteiger partial charge in [-0.05, 0) is 29.8 Å². The fourth-order valence-corrected chi connectivity index (χ4v) is 1.92. The number of aliphatic hydroxyl groups is 1. The third kappa shape index (κ3) is 3.45. The summed E-state index contributed by atoms with van der Waals surface area (Å²) in [5, 5.41) is 12.4. The summed E-state index contributed by atoms with van der Waals surface area (Å²) < 4.78 is 31.5. The predicted octanol–water partition coefficient (Wildman–Crippen LogP) is 3.12. The second-order valence-electron chi connectivity index (χ2n) is 4.31. The molecule has 2 rings (SSSR count). The smallest absolute Gasteiger partial charge is 0.126 e. The van der Waals surface area contributed by atoms with E-state index in [-0.39, 0.29) is 6.61 Å². The van der Waals surface area contributed by atoms with Crippen LogP contribution in [-0.4, -0.2) is 18.8 Å². The monoisotopic (exact) mass is 279 g/mol. The zero-order valence-electron chi connectivity index (χ0n) is 10.9. The van der Waals surface area contributed by atoms with Crippen molar-refractivity contribution in [2.24, 2.45) is 0 Å². The summed E-state index contributed by atoms with van der Waals surface area (Å²) in [6.45, 7) is -0.292. The number of rotatable bonds is 5. The zero-order valence-corrected chi connectivity index (χ0v) is 10.9. The van der Waals surface area contributed by atoms with E-state index in [0.717, 1.165) is 6.07 Å². The van der Waals surface area contributed by atoms with E-state index in [1.165, 1.54) is 12.1 Å². The highest BCUT2D eigenvalue weighted by Gasteiger charge is 2.13. The lowest BCUT2D eigenvalue weighted by atomic mass is 10.1. The van der Waals surface area contributed by atoms with Gasteiger partial charge in [-0.3, -0.25) is 0 Å². The average molecular weight is 279 g/mol. The van der Waals surface area contributed by atoms with Crippen LogP contribution in [0.15, 0.2) is 42.5 Å². The quantitative estimate of drug-likeness (QED) is 0.883. The molecule has 2 N–H and O–H groups in total. The van der Waals surface area contributed by atoms with Crippen molar-refractivity contribution in [1.29, 1.82) is 0 Å². The molecule has 1 unspecified atom stereocenters. The largest absolute Gasteiger partial charge is 0.497 e. The Labute approximate surface area is 115 Å². The first-order valence-electron chi connectivity index (χ1n) is 6.10. The molecule has 2 aromatic rings. The highest BCUT2D eigenvalue weighted by atomic mass is 19.1. The Hall–Kier alpha value is -2.14. The fraction of sp³-hybridized carbons (Fsp3) is 0.200. The summed E-state index contributed by atoms with van der Waals surface area (Å²) in [7, 11) is 1.55. The van der Waals surface area contributed by atoms with Crippen LogP contribution in [0.3, 0.4) is 0 Å². The average Bonchev–Trinajstić information content (AvgIpc) is 2.44. The number of nitrogens with one attached hydrogen (secondary N) is 1. The molecule has 0 heterocycles. The summed E-state index contributed by atoms with van der Waals surface area (Å²) in [4.78, 5) is 0. The van der Waals surface area contributed by atoms with Gasteiger partial charge in [-0.1, -0.05) is 6.07 Å². The molecule has 0 aliphatic rings. The van der Waals surface area contributed by atoms with Crippen molar-refractivity contribution >= 4 is 5.69 Å². The normalized spacial score (nSPS) is 12.0. The van der Waals surface area contributed by atoms with Crippen molar-refractivity contribution in [3.63, 3.8) is 0 Å². The van der Waals surface area contributed by atoms with Crippen LogP contribution < -0.4 is 10.1 Å². The molecule has 5 heteroatoms. The van der Waals surface area contributed by atoms with Crippen LogP contribution in [0.25, 0.3) is 0 Å². The minimum Gasteiger partial charge on any atom is -0.497 e. The lowest BCUT2D eigenvalue weighted by Gasteiger charge is -2.18. The van der Waals surface area contributed by atoms with Crippen molar-refractivity contribution in [2.45, 2.75) is 6.04 Å². The first-order chi connectivity index (χ1) is 9.62. The number of benzene rings is 2. The first kappa shape index (κ1) is 14.3. The van der Waals surface area contributed by atoms with E-state index in [2.05, 4.69) is 5.32 Å². The molecule has 106 valence electrons. The van der Waals surface area contributed by atoms with Crippen LogP contribution in [0.1, 0.15) is 11.6 Å². The SMILES string of the molecule is COc1cccc(NC(CO)c2cc(F)cc(F)c2)c1. The molecular weight excluding hydrogens is 264 g/mol. The van der Waals surface area contributed by atoms with E-state index >= 15 is 0 Å². The van der Waals surface area contributed by atoms with Crippen molar-refractivity contribution in [3.8, 4) is 5.75 Å². The van der Waals surface area contributed by atoms with Gasteiger partial charge < -0.3 is 15.2 Å². The van der Waals surface area contributed by atoms with Crippen LogP contribution in [0, 0.1) is 11.6 Å². The molecule has 0 saturated carbocycles. The van der Waals surface area contributed by atoms with Gasteiger partial charge in [0.1, 0.15) is 17.4 Å². The number of hydrogen-bond donors (Lipinski definition) is 2. The molecule has 0 bridgehead atoms. The Kier molecular flexibility index (Phi) is 4.53. The predicted molar refractivity (Wildman–Crippen MR) is 72.8 cm³/mol. The highest BCUT2D eigenvalue weighted by molar-refractivity contribution is 5.50. The van der Waals surface area contributed by atoms with Gasteiger partial charge in [0, 0.05) is 17.8 Å². The van der Waals surface area contributed by atoms with Crippen LogP contribution in [0.4, 0.5) is 14.5 Å². The number of halogens is 2. The second-order valence-corrected chi connectivity index (χ2v) is 4.31. The number of aliphatic hydroxyl groups excluding tert-OH is 1. The molecule has 3 nitrogen and oxygen atoms in total. The molecule has 2 aromatic carbocycles. The number of anilines is 1. The third-order valence-electron chi connectivity index (χ3n) is 2.88. The van der Waals surface area contributed by atoms with Crippen molar-refractivity contribution in [3.05, 3.63) is 59.7 Å². The van der Waals surface area contributed by atoms with Gasteiger partial charge in [0.05, 0.1) is 19.8 Å². The van der Waals surface area contributed by atoms with E-state index < -0.39 is 17.7 Å². The number of ether oxygens (including phenoxy) is 1. The maximum atomic E-state index is 13.2. The molecule has 0 spiro atoms. The van der Waals surface area contributed by atoms with E-state index in [1.54, 1.807) is 31.4 Å². The lowest BCUT2D eigenvalue weighted by molar-refractivity contribution is 0.276. The van der Waals surface area contributed by atoms with Gasteiger partial charge in [0.2, 0.25) is 0 Å². The Morgan fingerprint density at radius 1 is 1.15 bits per heavy atom. The van der Waals surface area contributed by atoms with E-state index in [4.69, 9.17) is 4.74 Å². The topological polar surface area (TPSA) is 41.5 Å². The fourth-order valence-electron chi connectivity index (χ4n) is 1.92. The lowest BCUT2D eigenvalue weighted by Crippen LogP contribution is -2.15. The molecule has 1 atom stereocenters. The molecule has 0 fully saturated rings. The molecule has 0 amide bonds. The Balaban J connectivity index is 2.23. The van der Waals surface area contributed by atoms with Gasteiger partial charge in [-0.15, -0.1) is 0 Å². The van der Waals surface area contributed by atoms with Crippen LogP contribution in [0.5, 0.6) is 5.75 Å². The highest BCUT2D eigenvalue weighted by Crippen LogP contribution is 2.23. The van der Waals surface area contributed by atoms with Crippen molar-refractivity contribution in [1.82, 2.24) is 0 Å². The molecule has 0 aliphatic heterocycles. The maximum Gasteiger partial charge on any atom is 0.126 e. The van der Waals surface area contributed by atoms with Crippen molar-refractivity contribution in [2.75, 3.05) is 19.0 Å². The molecule has 0 aliphatic carbocycles. The maximum absolute atomic E-state index is 13.2. The third-order valence-corrected chi connectivity index (χ3v) is 2.88. The van der Waals surface area contributed by atoms with Crippen LogP contribution >= 0.6 is 0 Å². The molecule has 0 aromatic heterocycles. The van der Waals surface area contributed by atoms with E-state index in [1.807, 2.05) is 0 Å². The van der Waals surface area contributed by atoms with Gasteiger partial charge in [0.25, 0.3) is 0 Å². The van der Waals surface area contributed by atoms with E-state index in [9.17, 15) is 13.9 Å². The number of methoxy groups -OCH3 is 1. The standard InChI is InChI=1S/C15H15F2NO2/c1-20-14-4-2-3-13(8-14)18-15(9-19)10-5-11(16)7-12(17)6-10/h2-8,15,18-19H,9H2,1H3. The van der Waals surface area contributed by atoms with Crippen molar-refractivity contribution < 1.29 is 18.6 Å². The van der Waals surface area contributed by atoms with Gasteiger partial charge in [0.15, 0.2) is 0 Å². The molecule has 20 heavy (non-hydrogen) atoms. The van der Waals surface area contributed by atoms with Crippen LogP contribution in [0.2, 0.25) is 0 Å². The minimum atomic E-state index is -0.675. The minimum absolute atomic E-state index is 0.292. The Morgan fingerprint density at radius 3 is 2.45 bits per heavy atom. The molecule has 0 saturated heterocycles. The van der Waals surface area contributed by atoms with Gasteiger partial charge in [-0.25, -0.2) is 8.78 Å². The summed E-state index contributed by atoms with van der Waals surface area (Å²) in [5.74, 6) is -0.700. The van der Waals surface area contributed by atoms with Crippen LogP contribution in [-0.2, 0) is 0 Å². The first-order valence-corrected chi connectivity index (χ1v) is 6.10. The summed E-state index contributed by atoms with van der Waals surface area (Å²) in [6, 6.07) is 9.65. The molecule has 0 radical (unpaired) electrons. The summed E-state index contributed by atoms with van der Waals surface area (Å²) >= 11 is 0.